The zero-order valence-corrected chi connectivity index (χ0v) is 7.86. The van der Waals surface area contributed by atoms with Crippen molar-refractivity contribution >= 4 is 17.5 Å². The maximum atomic E-state index is 10.5. The van der Waals surface area contributed by atoms with Crippen molar-refractivity contribution in [2.24, 2.45) is 0 Å². The van der Waals surface area contributed by atoms with Gasteiger partial charge in [0.2, 0.25) is 0 Å². The van der Waals surface area contributed by atoms with E-state index in [9.17, 15) is 4.79 Å². The second-order valence-corrected chi connectivity index (χ2v) is 3.35. The van der Waals surface area contributed by atoms with Gasteiger partial charge in [-0.2, -0.15) is 4.37 Å². The Morgan fingerprint density at radius 3 is 2.57 bits per heavy atom. The van der Waals surface area contributed by atoms with Crippen LogP contribution in [0.1, 0.15) is 10.6 Å². The minimum atomic E-state index is -1.09. The highest BCUT2D eigenvalue weighted by Crippen LogP contribution is 2.20. The third-order valence-corrected chi connectivity index (χ3v) is 2.40. The predicted octanol–water partition coefficient (Wildman–Crippen LogP) is 1.90. The number of hydrogen-bond donors (Lipinski definition) is 1. The highest BCUT2D eigenvalue weighted by molar-refractivity contribution is 7.09. The average molecular weight is 206 g/mol. The molecule has 0 bridgehead atoms. The predicted molar refractivity (Wildman–Crippen MR) is 52.3 cm³/mol. The molecule has 1 N–H and O–H groups in total. The summed E-state index contributed by atoms with van der Waals surface area (Å²) < 4.78 is 3.72. The van der Waals surface area contributed by atoms with Gasteiger partial charge in [0, 0.05) is 5.56 Å². The minimum absolute atomic E-state index is 0.145. The number of carbonyl (C=O) groups is 1. The summed E-state index contributed by atoms with van der Waals surface area (Å²) in [6.07, 6.45) is 0. The van der Waals surface area contributed by atoms with E-state index in [1.165, 1.54) is 0 Å². The molecule has 1 aromatic carbocycles. The molecule has 14 heavy (non-hydrogen) atoms. The lowest BCUT2D eigenvalue weighted by molar-refractivity contribution is 0.0685. The van der Waals surface area contributed by atoms with Crippen molar-refractivity contribution in [3.63, 3.8) is 0 Å². The van der Waals surface area contributed by atoms with E-state index < -0.39 is 5.97 Å². The van der Waals surface area contributed by atoms with Crippen molar-refractivity contribution < 1.29 is 9.90 Å². The molecule has 70 valence electrons. The van der Waals surface area contributed by atoms with Crippen molar-refractivity contribution in [2.45, 2.75) is 0 Å². The first-order chi connectivity index (χ1) is 6.77. The van der Waals surface area contributed by atoms with Gasteiger partial charge in [-0.3, -0.25) is 0 Å². The van der Waals surface area contributed by atoms with Gasteiger partial charge in [0.15, 0.2) is 0 Å². The second-order valence-electron chi connectivity index (χ2n) is 2.59. The van der Waals surface area contributed by atoms with E-state index >= 15 is 0 Å². The Kier molecular flexibility index (Phi) is 2.24. The average Bonchev–Trinajstić information content (AvgIpc) is 2.68. The molecule has 1 heterocycles. The van der Waals surface area contributed by atoms with E-state index in [4.69, 9.17) is 5.11 Å². The van der Waals surface area contributed by atoms with Crippen LogP contribution in [-0.2, 0) is 0 Å². The zero-order chi connectivity index (χ0) is 9.97. The Hall–Kier alpha value is -1.75. The Balaban J connectivity index is 2.39. The first-order valence-electron chi connectivity index (χ1n) is 3.90. The van der Waals surface area contributed by atoms with Crippen molar-refractivity contribution in [1.29, 1.82) is 0 Å². The molecule has 0 saturated heterocycles. The van der Waals surface area contributed by atoms with Gasteiger partial charge in [-0.15, -0.1) is 0 Å². The van der Waals surface area contributed by atoms with Gasteiger partial charge in [-0.25, -0.2) is 9.78 Å². The van der Waals surface area contributed by atoms with Gasteiger partial charge in [0.1, 0.15) is 5.01 Å². The fourth-order valence-electron chi connectivity index (χ4n) is 1.01. The topological polar surface area (TPSA) is 63.1 Å². The molecule has 0 fully saturated rings. The third-order valence-electron chi connectivity index (χ3n) is 1.64. The highest BCUT2D eigenvalue weighted by atomic mass is 32.1. The number of hydrogen-bond acceptors (Lipinski definition) is 4. The first kappa shape index (κ1) is 8.83. The summed E-state index contributed by atoms with van der Waals surface area (Å²) >= 11 is 1.09. The Morgan fingerprint density at radius 2 is 2.00 bits per heavy atom. The summed E-state index contributed by atoms with van der Waals surface area (Å²) in [4.78, 5) is 14.4. The normalized spacial score (nSPS) is 10.0. The fourth-order valence-corrected chi connectivity index (χ4v) is 1.67. The van der Waals surface area contributed by atoms with Gasteiger partial charge >= 0.3 is 5.97 Å². The van der Waals surface area contributed by atoms with E-state index in [1.807, 2.05) is 30.3 Å². The quantitative estimate of drug-likeness (QED) is 0.815. The molecule has 2 aromatic rings. The lowest BCUT2D eigenvalue weighted by atomic mass is 10.2. The molecule has 0 unspecified atom stereocenters. The monoisotopic (exact) mass is 206 g/mol. The Bertz CT molecular complexity index is 453. The van der Waals surface area contributed by atoms with Gasteiger partial charge < -0.3 is 5.11 Å². The van der Waals surface area contributed by atoms with Crippen LogP contribution in [0, 0.1) is 0 Å². The lowest BCUT2D eigenvalue weighted by Crippen LogP contribution is -1.97. The summed E-state index contributed by atoms with van der Waals surface area (Å²) in [5.74, 6) is -1.24. The number of rotatable bonds is 2. The van der Waals surface area contributed by atoms with E-state index in [0.717, 1.165) is 17.1 Å². The molecule has 5 heteroatoms. The number of carboxylic acids is 1. The number of nitrogens with zero attached hydrogens (tertiary/aromatic N) is 2. The van der Waals surface area contributed by atoms with Crippen LogP contribution in [0.25, 0.3) is 10.6 Å². The van der Waals surface area contributed by atoms with Crippen LogP contribution in [0.15, 0.2) is 30.3 Å². The molecular weight excluding hydrogens is 200 g/mol. The molecule has 4 nitrogen and oxygen atoms in total. The SMILES string of the molecule is O=C(O)c1nsc(-c2ccccc2)n1. The molecule has 2 rings (SSSR count). The summed E-state index contributed by atoms with van der Waals surface area (Å²) in [5, 5.41) is 9.25. The molecule has 1 aromatic heterocycles. The number of aromatic nitrogens is 2. The van der Waals surface area contributed by atoms with Crippen LogP contribution in [0.5, 0.6) is 0 Å². The van der Waals surface area contributed by atoms with E-state index in [2.05, 4.69) is 9.36 Å². The van der Waals surface area contributed by atoms with Crippen LogP contribution < -0.4 is 0 Å². The molecule has 0 amide bonds. The Labute approximate surface area is 84.0 Å². The van der Waals surface area contributed by atoms with Crippen LogP contribution in [0.4, 0.5) is 0 Å². The smallest absolute Gasteiger partial charge is 0.375 e. The zero-order valence-electron chi connectivity index (χ0n) is 7.04. The molecule has 0 spiro atoms. The van der Waals surface area contributed by atoms with Crippen molar-refractivity contribution in [2.75, 3.05) is 0 Å². The molecular formula is C9H6N2O2S. The molecule has 0 aliphatic heterocycles. The number of carboxylic acid groups (broad SMARTS) is 1. The summed E-state index contributed by atoms with van der Waals surface area (Å²) in [7, 11) is 0. The van der Waals surface area contributed by atoms with Gasteiger partial charge in [0.05, 0.1) is 0 Å². The van der Waals surface area contributed by atoms with Crippen LogP contribution in [-0.4, -0.2) is 20.4 Å². The minimum Gasteiger partial charge on any atom is -0.475 e. The van der Waals surface area contributed by atoms with Crippen molar-refractivity contribution in [3.8, 4) is 10.6 Å². The van der Waals surface area contributed by atoms with Crippen LogP contribution in [0.3, 0.4) is 0 Å². The lowest BCUT2D eigenvalue weighted by Gasteiger charge is -1.91. The fraction of sp³-hybridized carbons (Fsp3) is 0. The first-order valence-corrected chi connectivity index (χ1v) is 4.67. The maximum Gasteiger partial charge on any atom is 0.375 e. The summed E-state index contributed by atoms with van der Waals surface area (Å²) in [5.41, 5.74) is 0.887. The van der Waals surface area contributed by atoms with Gasteiger partial charge in [-0.1, -0.05) is 30.3 Å². The van der Waals surface area contributed by atoms with Crippen molar-refractivity contribution in [3.05, 3.63) is 36.2 Å². The van der Waals surface area contributed by atoms with Crippen molar-refractivity contribution in [1.82, 2.24) is 9.36 Å². The Morgan fingerprint density at radius 1 is 1.29 bits per heavy atom. The van der Waals surface area contributed by atoms with Crippen LogP contribution >= 0.6 is 11.5 Å². The standard InChI is InChI=1S/C9H6N2O2S/c12-9(13)7-10-8(14-11-7)6-4-2-1-3-5-6/h1-5H,(H,12,13). The van der Waals surface area contributed by atoms with Crippen LogP contribution in [0.2, 0.25) is 0 Å². The molecule has 0 atom stereocenters. The number of aromatic carboxylic acids is 1. The maximum absolute atomic E-state index is 10.5. The largest absolute Gasteiger partial charge is 0.475 e. The summed E-state index contributed by atoms with van der Waals surface area (Å²) in [6.45, 7) is 0. The second kappa shape index (κ2) is 3.55. The van der Waals surface area contributed by atoms with Gasteiger partial charge in [0.25, 0.3) is 5.82 Å². The van der Waals surface area contributed by atoms with E-state index in [0.29, 0.717) is 5.01 Å². The molecule has 0 aliphatic carbocycles. The van der Waals surface area contributed by atoms with E-state index in [1.54, 1.807) is 0 Å². The van der Waals surface area contributed by atoms with Gasteiger partial charge in [-0.05, 0) is 11.5 Å². The number of benzene rings is 1. The highest BCUT2D eigenvalue weighted by Gasteiger charge is 2.11. The summed E-state index contributed by atoms with van der Waals surface area (Å²) in [6, 6.07) is 9.37. The molecule has 0 aliphatic rings. The molecule has 0 saturated carbocycles. The molecule has 0 radical (unpaired) electrons. The van der Waals surface area contributed by atoms with E-state index in [-0.39, 0.29) is 5.82 Å². The third kappa shape index (κ3) is 1.62.